The molecular weight excluding hydrogens is 220 g/mol. The van der Waals surface area contributed by atoms with Gasteiger partial charge in [0.1, 0.15) is 5.75 Å². The number of methoxy groups -OCH3 is 1. The Morgan fingerprint density at radius 2 is 2.00 bits per heavy atom. The summed E-state index contributed by atoms with van der Waals surface area (Å²) >= 11 is 0. The first-order valence-electron chi connectivity index (χ1n) is 4.02. The highest BCUT2D eigenvalue weighted by Crippen LogP contribution is 2.22. The lowest BCUT2D eigenvalue weighted by Crippen LogP contribution is -2.12. The topological polar surface area (TPSA) is 80.7 Å². The zero-order valence-electron chi connectivity index (χ0n) is 8.22. The van der Waals surface area contributed by atoms with Crippen LogP contribution in [0.5, 0.6) is 5.75 Å². The van der Waals surface area contributed by atoms with Gasteiger partial charge in [0.25, 0.3) is 9.84 Å². The zero-order valence-corrected chi connectivity index (χ0v) is 9.04. The fourth-order valence-electron chi connectivity index (χ4n) is 1.12. The summed E-state index contributed by atoms with van der Waals surface area (Å²) in [5.74, 6) is 0.513. The van der Waals surface area contributed by atoms with Gasteiger partial charge in [-0.1, -0.05) is 0 Å². The average Bonchev–Trinajstić information content (AvgIpc) is 2.17. The van der Waals surface area contributed by atoms with Gasteiger partial charge in [0, 0.05) is 0 Å². The largest absolute Gasteiger partial charge is 0.496 e. The van der Waals surface area contributed by atoms with Gasteiger partial charge in [-0.15, -0.1) is 0 Å². The van der Waals surface area contributed by atoms with Crippen molar-refractivity contribution in [3.63, 3.8) is 0 Å². The van der Waals surface area contributed by atoms with Crippen molar-refractivity contribution in [3.8, 4) is 5.75 Å². The zero-order chi connectivity index (χ0) is 11.6. The number of carbonyl (C=O) groups is 1. The van der Waals surface area contributed by atoms with E-state index in [1.165, 1.54) is 25.3 Å². The van der Waals surface area contributed by atoms with Crippen LogP contribution in [0.2, 0.25) is 0 Å². The minimum atomic E-state index is -4.26. The molecule has 1 aromatic carbocycles. The summed E-state index contributed by atoms with van der Waals surface area (Å²) in [6.07, 6.45) is 0. The summed E-state index contributed by atoms with van der Waals surface area (Å²) in [6, 6.07) is 3.89. The molecule has 6 heteroatoms. The third kappa shape index (κ3) is 2.10. The van der Waals surface area contributed by atoms with Gasteiger partial charge < -0.3 is 9.84 Å². The third-order valence-corrected chi connectivity index (χ3v) is 3.24. The third-order valence-electron chi connectivity index (χ3n) is 1.91. The molecule has 0 aromatic heterocycles. The molecule has 0 aliphatic heterocycles. The summed E-state index contributed by atoms with van der Waals surface area (Å²) in [5, 5.41) is 6.64. The van der Waals surface area contributed by atoms with Crippen LogP contribution in [0.3, 0.4) is 0 Å². The average molecular weight is 230 g/mol. The molecular formula is C9H10O5S. The standard InChI is InChI=1S/C9H10O5S/c1-6-5-7(3-4-8(6)14-2)15(12,13)9(10)11/h3-5H,1-2H3,(H,10,11). The summed E-state index contributed by atoms with van der Waals surface area (Å²) < 4.78 is 27.4. The van der Waals surface area contributed by atoms with Crippen molar-refractivity contribution in [2.75, 3.05) is 7.11 Å². The van der Waals surface area contributed by atoms with E-state index in [0.29, 0.717) is 11.3 Å². The maximum Gasteiger partial charge on any atom is 0.427 e. The Hall–Kier alpha value is -1.56. The van der Waals surface area contributed by atoms with Crippen LogP contribution < -0.4 is 4.74 Å². The summed E-state index contributed by atoms with van der Waals surface area (Å²) in [6.45, 7) is 1.64. The van der Waals surface area contributed by atoms with E-state index in [4.69, 9.17) is 9.84 Å². The Morgan fingerprint density at radius 3 is 2.40 bits per heavy atom. The Kier molecular flexibility index (Phi) is 2.99. The molecule has 0 aliphatic rings. The van der Waals surface area contributed by atoms with Gasteiger partial charge in [0.15, 0.2) is 0 Å². The first-order valence-corrected chi connectivity index (χ1v) is 5.50. The monoisotopic (exact) mass is 230 g/mol. The number of hydrogen-bond donors (Lipinski definition) is 1. The number of hydrogen-bond acceptors (Lipinski definition) is 4. The fraction of sp³-hybridized carbons (Fsp3) is 0.222. The number of sulfone groups is 1. The van der Waals surface area contributed by atoms with Crippen molar-refractivity contribution in [3.05, 3.63) is 23.8 Å². The second-order valence-corrected chi connectivity index (χ2v) is 4.73. The molecule has 0 bridgehead atoms. The van der Waals surface area contributed by atoms with E-state index in [2.05, 4.69) is 0 Å². The Morgan fingerprint density at radius 1 is 1.40 bits per heavy atom. The van der Waals surface area contributed by atoms with Gasteiger partial charge in [-0.25, -0.2) is 13.2 Å². The molecule has 0 aliphatic carbocycles. The van der Waals surface area contributed by atoms with Crippen LogP contribution in [0.4, 0.5) is 4.79 Å². The van der Waals surface area contributed by atoms with Gasteiger partial charge in [0.05, 0.1) is 12.0 Å². The van der Waals surface area contributed by atoms with E-state index < -0.39 is 15.1 Å². The van der Waals surface area contributed by atoms with E-state index in [-0.39, 0.29) is 4.90 Å². The van der Waals surface area contributed by atoms with Crippen LogP contribution in [0.25, 0.3) is 0 Å². The molecule has 5 nitrogen and oxygen atoms in total. The van der Waals surface area contributed by atoms with E-state index in [9.17, 15) is 13.2 Å². The molecule has 0 saturated heterocycles. The van der Waals surface area contributed by atoms with Crippen LogP contribution >= 0.6 is 0 Å². The summed E-state index contributed by atoms with van der Waals surface area (Å²) in [4.78, 5) is 10.2. The lowest BCUT2D eigenvalue weighted by molar-refractivity contribution is 0.219. The Balaban J connectivity index is 3.31. The van der Waals surface area contributed by atoms with Crippen molar-refractivity contribution in [1.82, 2.24) is 0 Å². The number of aryl methyl sites for hydroxylation is 1. The second-order valence-electron chi connectivity index (χ2n) is 2.90. The predicted octanol–water partition coefficient (Wildman–Crippen LogP) is 1.46. The molecule has 0 amide bonds. The maximum absolute atomic E-state index is 11.2. The van der Waals surface area contributed by atoms with E-state index in [1.54, 1.807) is 6.92 Å². The first kappa shape index (κ1) is 11.5. The number of ether oxygens (including phenoxy) is 1. The van der Waals surface area contributed by atoms with Gasteiger partial charge in [0.2, 0.25) is 0 Å². The lowest BCUT2D eigenvalue weighted by Gasteiger charge is -2.05. The molecule has 0 atom stereocenters. The molecule has 1 rings (SSSR count). The van der Waals surface area contributed by atoms with Crippen LogP contribution in [0.15, 0.2) is 23.1 Å². The lowest BCUT2D eigenvalue weighted by atomic mass is 10.2. The molecule has 0 radical (unpaired) electrons. The Bertz CT molecular complexity index is 489. The molecule has 0 saturated carbocycles. The van der Waals surface area contributed by atoms with Crippen LogP contribution in [0.1, 0.15) is 5.56 Å². The van der Waals surface area contributed by atoms with Gasteiger partial charge in [-0.05, 0) is 30.7 Å². The molecule has 0 spiro atoms. The quantitative estimate of drug-likeness (QED) is 0.831. The molecule has 0 fully saturated rings. The van der Waals surface area contributed by atoms with Crippen molar-refractivity contribution >= 4 is 15.1 Å². The highest BCUT2D eigenvalue weighted by molar-refractivity contribution is 8.05. The molecule has 1 N–H and O–H groups in total. The molecule has 0 unspecified atom stereocenters. The van der Waals surface area contributed by atoms with Gasteiger partial charge in [-0.3, -0.25) is 0 Å². The smallest absolute Gasteiger partial charge is 0.427 e. The van der Waals surface area contributed by atoms with E-state index >= 15 is 0 Å². The molecule has 1 aromatic rings. The number of rotatable bonds is 2. The van der Waals surface area contributed by atoms with Crippen LogP contribution in [-0.4, -0.2) is 25.9 Å². The van der Waals surface area contributed by atoms with E-state index in [1.807, 2.05) is 0 Å². The minimum absolute atomic E-state index is 0.242. The highest BCUT2D eigenvalue weighted by Gasteiger charge is 2.24. The molecule has 0 heterocycles. The van der Waals surface area contributed by atoms with Crippen LogP contribution in [-0.2, 0) is 9.84 Å². The van der Waals surface area contributed by atoms with Crippen molar-refractivity contribution in [2.45, 2.75) is 11.8 Å². The molecule has 82 valence electrons. The summed E-state index contributed by atoms with van der Waals surface area (Å²) in [5.41, 5.74) is 0.569. The van der Waals surface area contributed by atoms with Gasteiger partial charge in [-0.2, -0.15) is 0 Å². The first-order chi connectivity index (χ1) is 6.89. The molecule has 15 heavy (non-hydrogen) atoms. The Labute approximate surface area is 87.2 Å². The minimum Gasteiger partial charge on any atom is -0.496 e. The maximum atomic E-state index is 11.2. The number of carboxylic acid groups (broad SMARTS) is 1. The van der Waals surface area contributed by atoms with E-state index in [0.717, 1.165) is 0 Å². The van der Waals surface area contributed by atoms with Crippen molar-refractivity contribution < 1.29 is 23.1 Å². The van der Waals surface area contributed by atoms with Crippen molar-refractivity contribution in [2.24, 2.45) is 0 Å². The normalized spacial score (nSPS) is 11.1. The predicted molar refractivity (Wildman–Crippen MR) is 52.9 cm³/mol. The second kappa shape index (κ2) is 3.90. The van der Waals surface area contributed by atoms with Crippen molar-refractivity contribution in [1.29, 1.82) is 0 Å². The van der Waals surface area contributed by atoms with Gasteiger partial charge >= 0.3 is 5.30 Å². The van der Waals surface area contributed by atoms with Crippen LogP contribution in [0, 0.1) is 6.92 Å². The number of benzene rings is 1. The fourth-order valence-corrected chi connectivity index (χ4v) is 1.90. The SMILES string of the molecule is COc1ccc(S(=O)(=O)C(=O)O)cc1C. The highest BCUT2D eigenvalue weighted by atomic mass is 32.2. The summed E-state index contributed by atoms with van der Waals surface area (Å²) in [7, 11) is -2.81.